The van der Waals surface area contributed by atoms with Gasteiger partial charge in [0.25, 0.3) is 0 Å². The van der Waals surface area contributed by atoms with Crippen LogP contribution in [-0.4, -0.2) is 35.0 Å². The minimum Gasteiger partial charge on any atom is -0.480 e. The monoisotopic (exact) mass is 199 g/mol. The summed E-state index contributed by atoms with van der Waals surface area (Å²) in [4.78, 5) is 23.5. The molecule has 1 fully saturated rings. The molecule has 1 unspecified atom stereocenters. The minimum atomic E-state index is -0.950. The van der Waals surface area contributed by atoms with E-state index in [1.54, 1.807) is 7.05 Å². The van der Waals surface area contributed by atoms with E-state index in [-0.39, 0.29) is 5.91 Å². The van der Waals surface area contributed by atoms with Crippen LogP contribution in [0.2, 0.25) is 0 Å². The Balaban J connectivity index is 2.38. The first kappa shape index (κ1) is 11.0. The second-order valence-electron chi connectivity index (χ2n) is 4.02. The number of rotatable bonds is 4. The van der Waals surface area contributed by atoms with Crippen molar-refractivity contribution in [3.63, 3.8) is 0 Å². The van der Waals surface area contributed by atoms with Gasteiger partial charge in [0.2, 0.25) is 5.91 Å². The topological polar surface area (TPSA) is 57.6 Å². The summed E-state index contributed by atoms with van der Waals surface area (Å²) in [6.45, 7) is 1.53. The molecule has 0 bridgehead atoms. The quantitative estimate of drug-likeness (QED) is 0.737. The van der Waals surface area contributed by atoms with E-state index in [1.807, 2.05) is 0 Å². The fraction of sp³-hybridized carbons (Fsp3) is 0.800. The van der Waals surface area contributed by atoms with E-state index < -0.39 is 12.0 Å². The van der Waals surface area contributed by atoms with Gasteiger partial charge in [-0.1, -0.05) is 6.42 Å². The number of hydrogen-bond donors (Lipinski definition) is 1. The first-order chi connectivity index (χ1) is 6.52. The zero-order chi connectivity index (χ0) is 10.7. The van der Waals surface area contributed by atoms with Gasteiger partial charge < -0.3 is 10.0 Å². The van der Waals surface area contributed by atoms with Crippen molar-refractivity contribution >= 4 is 11.9 Å². The Morgan fingerprint density at radius 3 is 2.43 bits per heavy atom. The van der Waals surface area contributed by atoms with Crippen molar-refractivity contribution in [2.24, 2.45) is 5.92 Å². The van der Waals surface area contributed by atoms with E-state index >= 15 is 0 Å². The SMILES string of the molecule is CC(C(=O)O)N(C)C(=O)CC1CCC1. The lowest BCUT2D eigenvalue weighted by atomic mass is 9.82. The predicted molar refractivity (Wildman–Crippen MR) is 51.8 cm³/mol. The largest absolute Gasteiger partial charge is 0.480 e. The van der Waals surface area contributed by atoms with Gasteiger partial charge in [0.15, 0.2) is 0 Å². The van der Waals surface area contributed by atoms with Crippen molar-refractivity contribution in [2.45, 2.75) is 38.6 Å². The standard InChI is InChI=1S/C10H17NO3/c1-7(10(13)14)11(2)9(12)6-8-4-3-5-8/h7-8H,3-6H2,1-2H3,(H,13,14). The lowest BCUT2D eigenvalue weighted by Gasteiger charge is -2.28. The smallest absolute Gasteiger partial charge is 0.326 e. The first-order valence-corrected chi connectivity index (χ1v) is 5.01. The van der Waals surface area contributed by atoms with Crippen molar-refractivity contribution in [1.29, 1.82) is 0 Å². The third-order valence-corrected chi connectivity index (χ3v) is 3.02. The molecule has 4 heteroatoms. The molecule has 0 aromatic carbocycles. The van der Waals surface area contributed by atoms with Crippen molar-refractivity contribution in [3.05, 3.63) is 0 Å². The Hall–Kier alpha value is -1.06. The maximum absolute atomic E-state index is 11.6. The van der Waals surface area contributed by atoms with E-state index in [0.717, 1.165) is 12.8 Å². The number of amides is 1. The molecule has 0 aromatic heterocycles. The predicted octanol–water partition coefficient (Wildman–Crippen LogP) is 1.11. The molecule has 0 heterocycles. The fourth-order valence-electron chi connectivity index (χ4n) is 1.47. The van der Waals surface area contributed by atoms with Gasteiger partial charge in [-0.15, -0.1) is 0 Å². The number of carbonyl (C=O) groups excluding carboxylic acids is 1. The molecule has 1 atom stereocenters. The van der Waals surface area contributed by atoms with E-state index in [1.165, 1.54) is 18.2 Å². The molecule has 80 valence electrons. The average Bonchev–Trinajstić information content (AvgIpc) is 2.08. The molecule has 0 aromatic rings. The van der Waals surface area contributed by atoms with Crippen LogP contribution in [0.25, 0.3) is 0 Å². The Morgan fingerprint density at radius 1 is 1.50 bits per heavy atom. The molecule has 14 heavy (non-hydrogen) atoms. The highest BCUT2D eigenvalue weighted by molar-refractivity contribution is 5.83. The van der Waals surface area contributed by atoms with Gasteiger partial charge in [0.1, 0.15) is 6.04 Å². The van der Waals surface area contributed by atoms with Gasteiger partial charge in [-0.05, 0) is 25.7 Å². The van der Waals surface area contributed by atoms with E-state index in [9.17, 15) is 9.59 Å². The minimum absolute atomic E-state index is 0.0513. The summed E-state index contributed by atoms with van der Waals surface area (Å²) in [5.74, 6) is -0.509. The van der Waals surface area contributed by atoms with Gasteiger partial charge in [0, 0.05) is 13.5 Å². The van der Waals surface area contributed by atoms with Crippen LogP contribution in [0.1, 0.15) is 32.6 Å². The van der Waals surface area contributed by atoms with Crippen LogP contribution in [0, 0.1) is 5.92 Å². The zero-order valence-electron chi connectivity index (χ0n) is 8.69. The van der Waals surface area contributed by atoms with Crippen molar-refractivity contribution < 1.29 is 14.7 Å². The number of carboxylic acids is 1. The highest BCUT2D eigenvalue weighted by Gasteiger charge is 2.26. The maximum atomic E-state index is 11.6. The molecular weight excluding hydrogens is 182 g/mol. The fourth-order valence-corrected chi connectivity index (χ4v) is 1.47. The van der Waals surface area contributed by atoms with Crippen molar-refractivity contribution in [3.8, 4) is 0 Å². The second kappa shape index (κ2) is 4.44. The normalized spacial score (nSPS) is 18.4. The number of hydrogen-bond acceptors (Lipinski definition) is 2. The number of likely N-dealkylation sites (N-methyl/N-ethyl adjacent to an activating group) is 1. The van der Waals surface area contributed by atoms with Crippen LogP contribution in [0.3, 0.4) is 0 Å². The Kier molecular flexibility index (Phi) is 3.49. The number of carboxylic acid groups (broad SMARTS) is 1. The third-order valence-electron chi connectivity index (χ3n) is 3.02. The Bertz CT molecular complexity index is 236. The number of carbonyl (C=O) groups is 2. The summed E-state index contributed by atoms with van der Waals surface area (Å²) in [7, 11) is 1.56. The number of aliphatic carboxylic acids is 1. The molecule has 1 amide bonds. The first-order valence-electron chi connectivity index (χ1n) is 5.01. The highest BCUT2D eigenvalue weighted by atomic mass is 16.4. The molecule has 1 saturated carbocycles. The summed E-state index contributed by atoms with van der Waals surface area (Å²) in [6.07, 6.45) is 3.94. The summed E-state index contributed by atoms with van der Waals surface area (Å²) >= 11 is 0. The van der Waals surface area contributed by atoms with Gasteiger partial charge in [-0.25, -0.2) is 4.79 Å². The van der Waals surface area contributed by atoms with Crippen LogP contribution >= 0.6 is 0 Å². The van der Waals surface area contributed by atoms with Crippen LogP contribution in [0.15, 0.2) is 0 Å². The number of nitrogens with zero attached hydrogens (tertiary/aromatic N) is 1. The molecule has 1 N–H and O–H groups in total. The Morgan fingerprint density at radius 2 is 2.07 bits per heavy atom. The lowest BCUT2D eigenvalue weighted by Crippen LogP contribution is -2.41. The third kappa shape index (κ3) is 2.47. The molecule has 0 saturated heterocycles. The summed E-state index contributed by atoms with van der Waals surface area (Å²) in [5.41, 5.74) is 0. The van der Waals surface area contributed by atoms with E-state index in [2.05, 4.69) is 0 Å². The van der Waals surface area contributed by atoms with Gasteiger partial charge >= 0.3 is 5.97 Å². The van der Waals surface area contributed by atoms with Crippen LogP contribution in [-0.2, 0) is 9.59 Å². The summed E-state index contributed by atoms with van der Waals surface area (Å²) < 4.78 is 0. The summed E-state index contributed by atoms with van der Waals surface area (Å²) in [6, 6.07) is -0.720. The molecule has 1 aliphatic carbocycles. The second-order valence-corrected chi connectivity index (χ2v) is 4.02. The molecule has 1 aliphatic rings. The summed E-state index contributed by atoms with van der Waals surface area (Å²) in [5, 5.41) is 8.71. The Labute approximate surface area is 83.9 Å². The highest BCUT2D eigenvalue weighted by Crippen LogP contribution is 2.29. The average molecular weight is 199 g/mol. The van der Waals surface area contributed by atoms with Crippen molar-refractivity contribution in [2.75, 3.05) is 7.05 Å². The van der Waals surface area contributed by atoms with Gasteiger partial charge in [-0.3, -0.25) is 4.79 Å². The molecule has 1 rings (SSSR count). The van der Waals surface area contributed by atoms with E-state index in [0.29, 0.717) is 12.3 Å². The van der Waals surface area contributed by atoms with Gasteiger partial charge in [-0.2, -0.15) is 0 Å². The lowest BCUT2D eigenvalue weighted by molar-refractivity contribution is -0.148. The molecule has 0 radical (unpaired) electrons. The van der Waals surface area contributed by atoms with Gasteiger partial charge in [0.05, 0.1) is 0 Å². The van der Waals surface area contributed by atoms with Crippen LogP contribution in [0.5, 0.6) is 0 Å². The van der Waals surface area contributed by atoms with E-state index in [4.69, 9.17) is 5.11 Å². The van der Waals surface area contributed by atoms with Crippen molar-refractivity contribution in [1.82, 2.24) is 4.90 Å². The van der Waals surface area contributed by atoms with Crippen LogP contribution in [0.4, 0.5) is 0 Å². The maximum Gasteiger partial charge on any atom is 0.326 e. The molecule has 4 nitrogen and oxygen atoms in total. The molecule has 0 spiro atoms. The molecule has 0 aliphatic heterocycles. The van der Waals surface area contributed by atoms with Crippen LogP contribution < -0.4 is 0 Å². The molecular formula is C10H17NO3. The zero-order valence-corrected chi connectivity index (χ0v) is 8.69.